The summed E-state index contributed by atoms with van der Waals surface area (Å²) in [5.74, 6) is 0.883. The summed E-state index contributed by atoms with van der Waals surface area (Å²) in [4.78, 5) is 2.60. The molecule has 2 aliphatic rings. The van der Waals surface area contributed by atoms with Crippen molar-refractivity contribution in [2.45, 2.75) is 64.3 Å². The molecule has 0 spiro atoms. The third-order valence-electron chi connectivity index (χ3n) is 5.50. The lowest BCUT2D eigenvalue weighted by molar-refractivity contribution is 0.0274. The second-order valence-corrected chi connectivity index (χ2v) is 7.11. The largest absolute Gasteiger partial charge is 0.396 e. The Morgan fingerprint density at radius 1 is 1.20 bits per heavy atom. The fourth-order valence-corrected chi connectivity index (χ4v) is 3.79. The van der Waals surface area contributed by atoms with Gasteiger partial charge in [0.1, 0.15) is 0 Å². The Morgan fingerprint density at radius 2 is 1.85 bits per heavy atom. The molecular formula is C17H33NO2. The molecule has 0 radical (unpaired) electrons. The second-order valence-electron chi connectivity index (χ2n) is 7.11. The second kappa shape index (κ2) is 7.77. The van der Waals surface area contributed by atoms with Crippen LogP contribution in [0, 0.1) is 11.3 Å². The Morgan fingerprint density at radius 3 is 2.35 bits per heavy atom. The molecule has 0 saturated heterocycles. The van der Waals surface area contributed by atoms with E-state index in [1.54, 1.807) is 7.11 Å². The van der Waals surface area contributed by atoms with Crippen LogP contribution < -0.4 is 0 Å². The van der Waals surface area contributed by atoms with E-state index in [1.165, 1.54) is 51.4 Å². The first-order chi connectivity index (χ1) is 9.71. The van der Waals surface area contributed by atoms with Crippen molar-refractivity contribution in [1.29, 1.82) is 0 Å². The Hall–Kier alpha value is -0.120. The van der Waals surface area contributed by atoms with Crippen molar-refractivity contribution in [3.63, 3.8) is 0 Å². The molecule has 1 unspecified atom stereocenters. The number of hydrogen-bond acceptors (Lipinski definition) is 3. The van der Waals surface area contributed by atoms with Gasteiger partial charge in [0.15, 0.2) is 0 Å². The van der Waals surface area contributed by atoms with Gasteiger partial charge < -0.3 is 9.84 Å². The molecule has 20 heavy (non-hydrogen) atoms. The topological polar surface area (TPSA) is 32.7 Å². The van der Waals surface area contributed by atoms with Crippen LogP contribution in [0.25, 0.3) is 0 Å². The van der Waals surface area contributed by atoms with Gasteiger partial charge in [-0.25, -0.2) is 0 Å². The zero-order valence-corrected chi connectivity index (χ0v) is 13.4. The molecule has 1 N–H and O–H groups in total. The van der Waals surface area contributed by atoms with Crippen LogP contribution in [0.2, 0.25) is 0 Å². The van der Waals surface area contributed by atoms with Gasteiger partial charge in [-0.05, 0) is 38.5 Å². The number of hydrogen-bond donors (Lipinski definition) is 1. The number of nitrogens with zero attached hydrogens (tertiary/aromatic N) is 1. The molecule has 0 bridgehead atoms. The standard InChI is InChI=1S/C17H33NO2/c1-15(16-7-8-16)18(11-12-20-2)13-17(14-19)9-5-3-4-6-10-17/h15-16,19H,3-14H2,1-2H3. The summed E-state index contributed by atoms with van der Waals surface area (Å²) in [6.07, 6.45) is 10.4. The lowest BCUT2D eigenvalue weighted by Gasteiger charge is -2.39. The Balaban J connectivity index is 1.98. The van der Waals surface area contributed by atoms with E-state index in [4.69, 9.17) is 4.74 Å². The van der Waals surface area contributed by atoms with E-state index in [9.17, 15) is 5.11 Å². The predicted molar refractivity (Wildman–Crippen MR) is 82.9 cm³/mol. The van der Waals surface area contributed by atoms with Crippen molar-refractivity contribution in [2.75, 3.05) is 33.4 Å². The molecule has 0 aliphatic heterocycles. The van der Waals surface area contributed by atoms with E-state index in [0.717, 1.165) is 25.6 Å². The molecule has 3 heteroatoms. The smallest absolute Gasteiger partial charge is 0.0589 e. The van der Waals surface area contributed by atoms with Crippen molar-refractivity contribution in [1.82, 2.24) is 4.90 Å². The molecule has 2 aliphatic carbocycles. The first-order valence-corrected chi connectivity index (χ1v) is 8.55. The number of aliphatic hydroxyl groups is 1. The molecule has 118 valence electrons. The van der Waals surface area contributed by atoms with Gasteiger partial charge in [0, 0.05) is 38.3 Å². The van der Waals surface area contributed by atoms with E-state index in [-0.39, 0.29) is 5.41 Å². The summed E-state index contributed by atoms with van der Waals surface area (Å²) < 4.78 is 5.30. The summed E-state index contributed by atoms with van der Waals surface area (Å²) in [6.45, 7) is 5.60. The summed E-state index contributed by atoms with van der Waals surface area (Å²) >= 11 is 0. The summed E-state index contributed by atoms with van der Waals surface area (Å²) in [6, 6.07) is 0.650. The number of aliphatic hydroxyl groups excluding tert-OH is 1. The molecule has 3 nitrogen and oxygen atoms in total. The Kier molecular flexibility index (Phi) is 6.31. The minimum absolute atomic E-state index is 0.146. The zero-order chi connectivity index (χ0) is 14.4. The monoisotopic (exact) mass is 283 g/mol. The maximum atomic E-state index is 10.0. The van der Waals surface area contributed by atoms with Gasteiger partial charge in [-0.3, -0.25) is 4.90 Å². The molecule has 1 atom stereocenters. The van der Waals surface area contributed by atoms with Gasteiger partial charge in [-0.1, -0.05) is 25.7 Å². The number of methoxy groups -OCH3 is 1. The van der Waals surface area contributed by atoms with Crippen molar-refractivity contribution < 1.29 is 9.84 Å². The molecule has 0 aromatic rings. The van der Waals surface area contributed by atoms with E-state index < -0.39 is 0 Å². The average Bonchev–Trinajstić information content (AvgIpc) is 3.30. The van der Waals surface area contributed by atoms with Crippen LogP contribution in [0.1, 0.15) is 58.3 Å². The van der Waals surface area contributed by atoms with Crippen LogP contribution in [-0.4, -0.2) is 49.5 Å². The van der Waals surface area contributed by atoms with Crippen LogP contribution >= 0.6 is 0 Å². The van der Waals surface area contributed by atoms with Crippen LogP contribution in [0.4, 0.5) is 0 Å². The Labute approximate surface area is 124 Å². The van der Waals surface area contributed by atoms with Crippen molar-refractivity contribution in [3.8, 4) is 0 Å². The fraction of sp³-hybridized carbons (Fsp3) is 1.00. The minimum atomic E-state index is 0.146. The highest BCUT2D eigenvalue weighted by molar-refractivity contribution is 4.90. The summed E-state index contributed by atoms with van der Waals surface area (Å²) in [5, 5.41) is 10.0. The molecule has 2 fully saturated rings. The quantitative estimate of drug-likeness (QED) is 0.695. The van der Waals surface area contributed by atoms with Crippen LogP contribution in [-0.2, 0) is 4.74 Å². The molecule has 0 aromatic heterocycles. The summed E-state index contributed by atoms with van der Waals surface area (Å²) in [7, 11) is 1.79. The highest BCUT2D eigenvalue weighted by atomic mass is 16.5. The predicted octanol–water partition coefficient (Wildman–Crippen LogP) is 3.07. The number of rotatable bonds is 8. The van der Waals surface area contributed by atoms with Crippen molar-refractivity contribution in [2.24, 2.45) is 11.3 Å². The van der Waals surface area contributed by atoms with Gasteiger partial charge >= 0.3 is 0 Å². The highest BCUT2D eigenvalue weighted by Crippen LogP contribution is 2.39. The van der Waals surface area contributed by atoms with Gasteiger partial charge in [-0.2, -0.15) is 0 Å². The zero-order valence-electron chi connectivity index (χ0n) is 13.4. The van der Waals surface area contributed by atoms with Gasteiger partial charge in [0.05, 0.1) is 6.61 Å². The first-order valence-electron chi connectivity index (χ1n) is 8.55. The molecular weight excluding hydrogens is 250 g/mol. The molecule has 2 rings (SSSR count). The van der Waals surface area contributed by atoms with Crippen LogP contribution in [0.5, 0.6) is 0 Å². The molecule has 0 amide bonds. The first kappa shape index (κ1) is 16.3. The van der Waals surface area contributed by atoms with Crippen LogP contribution in [0.15, 0.2) is 0 Å². The van der Waals surface area contributed by atoms with E-state index >= 15 is 0 Å². The van der Waals surface area contributed by atoms with E-state index in [0.29, 0.717) is 12.6 Å². The average molecular weight is 283 g/mol. The Bertz CT molecular complexity index is 270. The number of ether oxygens (including phenoxy) is 1. The molecule has 0 aromatic carbocycles. The van der Waals surface area contributed by atoms with E-state index in [1.807, 2.05) is 0 Å². The lowest BCUT2D eigenvalue weighted by atomic mass is 9.80. The molecule has 2 saturated carbocycles. The van der Waals surface area contributed by atoms with Gasteiger partial charge in [-0.15, -0.1) is 0 Å². The minimum Gasteiger partial charge on any atom is -0.396 e. The normalized spacial score (nSPS) is 24.6. The van der Waals surface area contributed by atoms with Crippen molar-refractivity contribution in [3.05, 3.63) is 0 Å². The van der Waals surface area contributed by atoms with Gasteiger partial charge in [0.2, 0.25) is 0 Å². The maximum Gasteiger partial charge on any atom is 0.0589 e. The van der Waals surface area contributed by atoms with E-state index in [2.05, 4.69) is 11.8 Å². The maximum absolute atomic E-state index is 10.0. The SMILES string of the molecule is COCCN(CC1(CO)CCCCCC1)C(C)C1CC1. The third-order valence-corrected chi connectivity index (χ3v) is 5.50. The van der Waals surface area contributed by atoms with Gasteiger partial charge in [0.25, 0.3) is 0 Å². The van der Waals surface area contributed by atoms with Crippen LogP contribution in [0.3, 0.4) is 0 Å². The fourth-order valence-electron chi connectivity index (χ4n) is 3.79. The van der Waals surface area contributed by atoms with Crippen molar-refractivity contribution >= 4 is 0 Å². The molecule has 0 heterocycles. The highest BCUT2D eigenvalue weighted by Gasteiger charge is 2.37. The summed E-state index contributed by atoms with van der Waals surface area (Å²) in [5.41, 5.74) is 0.146. The lowest BCUT2D eigenvalue weighted by Crippen LogP contribution is -2.46. The third kappa shape index (κ3) is 4.44.